The zero-order chi connectivity index (χ0) is 12.5. The van der Waals surface area contributed by atoms with Crippen molar-refractivity contribution < 1.29 is 33.4 Å². The van der Waals surface area contributed by atoms with Crippen molar-refractivity contribution in [2.45, 2.75) is 26.2 Å². The molecule has 0 radical (unpaired) electrons. The van der Waals surface area contributed by atoms with Crippen molar-refractivity contribution in [3.63, 3.8) is 0 Å². The van der Waals surface area contributed by atoms with Crippen molar-refractivity contribution in [1.82, 2.24) is 0 Å². The first-order valence-corrected chi connectivity index (χ1v) is 5.73. The quantitative estimate of drug-likeness (QED) is 0.357. The summed E-state index contributed by atoms with van der Waals surface area (Å²) < 4.78 is 10.5. The number of benzene rings is 1. The molecule has 18 heavy (non-hydrogen) atoms. The van der Waals surface area contributed by atoms with Gasteiger partial charge in [-0.05, 0) is 31.4 Å². The van der Waals surface area contributed by atoms with E-state index in [4.69, 9.17) is 9.47 Å². The fourth-order valence-electron chi connectivity index (χ4n) is 1.29. The molecule has 0 heterocycles. The van der Waals surface area contributed by atoms with Gasteiger partial charge < -0.3 is 14.6 Å². The first-order valence-electron chi connectivity index (χ1n) is 5.73. The van der Waals surface area contributed by atoms with Crippen LogP contribution in [0.3, 0.4) is 0 Å². The van der Waals surface area contributed by atoms with Crippen molar-refractivity contribution in [1.29, 1.82) is 0 Å². The summed E-state index contributed by atoms with van der Waals surface area (Å²) in [6, 6.07) is 9.05. The van der Waals surface area contributed by atoms with Gasteiger partial charge in [-0.15, -0.1) is 5.92 Å². The maximum Gasteiger partial charge on any atom is 1.00 e. The number of ether oxygens (including phenoxy) is 2. The van der Waals surface area contributed by atoms with Crippen LogP contribution in [0.1, 0.15) is 25.5 Å². The fourth-order valence-corrected chi connectivity index (χ4v) is 1.29. The molecule has 1 atom stereocenters. The third-order valence-corrected chi connectivity index (χ3v) is 2.07. The Morgan fingerprint density at radius 3 is 2.11 bits per heavy atom. The van der Waals surface area contributed by atoms with Crippen molar-refractivity contribution >= 4 is 0 Å². The van der Waals surface area contributed by atoms with Crippen LogP contribution in [0.2, 0.25) is 0 Å². The average Bonchev–Trinajstić information content (AvgIpc) is 2.37. The van der Waals surface area contributed by atoms with E-state index in [0.717, 1.165) is 0 Å². The van der Waals surface area contributed by atoms with E-state index in [0.29, 0.717) is 18.8 Å². The Labute approximate surface area is 121 Å². The van der Waals surface area contributed by atoms with Gasteiger partial charge in [-0.2, -0.15) is 0 Å². The monoisotopic (exact) mass is 240 g/mol. The second-order valence-electron chi connectivity index (χ2n) is 3.32. The van der Waals surface area contributed by atoms with E-state index in [2.05, 4.69) is 11.8 Å². The Kier molecular flexibility index (Phi) is 9.78. The van der Waals surface area contributed by atoms with Crippen LogP contribution in [0.25, 0.3) is 0 Å². The molecule has 0 aliphatic rings. The second-order valence-corrected chi connectivity index (χ2v) is 3.32. The summed E-state index contributed by atoms with van der Waals surface area (Å²) in [7, 11) is 0. The van der Waals surface area contributed by atoms with E-state index < -0.39 is 12.4 Å². The SMILES string of the molecule is CCOC(C#CC([O-])c1ccccc1)OCC.[Li+]. The zero-order valence-electron chi connectivity index (χ0n) is 11.2. The minimum Gasteiger partial charge on any atom is -0.839 e. The topological polar surface area (TPSA) is 41.5 Å². The van der Waals surface area contributed by atoms with E-state index in [-0.39, 0.29) is 18.9 Å². The molecule has 1 aromatic rings. The molecule has 0 N–H and O–H groups in total. The molecule has 0 bridgehead atoms. The summed E-state index contributed by atoms with van der Waals surface area (Å²) >= 11 is 0. The molecule has 0 aromatic heterocycles. The van der Waals surface area contributed by atoms with Gasteiger partial charge in [0.1, 0.15) is 0 Å². The van der Waals surface area contributed by atoms with Crippen molar-refractivity contribution in [2.75, 3.05) is 13.2 Å². The van der Waals surface area contributed by atoms with E-state index in [1.165, 1.54) is 0 Å². The Bertz CT molecular complexity index is 364. The van der Waals surface area contributed by atoms with Gasteiger partial charge in [-0.1, -0.05) is 30.3 Å². The van der Waals surface area contributed by atoms with E-state index in [1.807, 2.05) is 32.0 Å². The first-order chi connectivity index (χ1) is 8.27. The third-order valence-electron chi connectivity index (χ3n) is 2.07. The Hall–Kier alpha value is -0.743. The summed E-state index contributed by atoms with van der Waals surface area (Å²) in [4.78, 5) is 0. The fraction of sp³-hybridized carbons (Fsp3) is 0.429. The van der Waals surface area contributed by atoms with Gasteiger partial charge >= 0.3 is 18.9 Å². The predicted octanol–water partition coefficient (Wildman–Crippen LogP) is -1.51. The molecule has 0 amide bonds. The van der Waals surface area contributed by atoms with Gasteiger partial charge in [0.05, 0.1) is 0 Å². The summed E-state index contributed by atoms with van der Waals surface area (Å²) in [6.07, 6.45) is -1.66. The predicted molar refractivity (Wildman–Crippen MR) is 64.0 cm³/mol. The number of hydrogen-bond donors (Lipinski definition) is 0. The minimum atomic E-state index is -1.06. The minimum absolute atomic E-state index is 0. The smallest absolute Gasteiger partial charge is 0.839 e. The van der Waals surface area contributed by atoms with Gasteiger partial charge in [0, 0.05) is 13.2 Å². The van der Waals surface area contributed by atoms with Crippen LogP contribution in [0, 0.1) is 11.8 Å². The molecular weight excluding hydrogens is 223 g/mol. The average molecular weight is 240 g/mol. The van der Waals surface area contributed by atoms with Crippen LogP contribution in [0.4, 0.5) is 0 Å². The number of rotatable bonds is 5. The molecule has 0 spiro atoms. The molecule has 1 aromatic carbocycles. The van der Waals surface area contributed by atoms with Crippen LogP contribution >= 0.6 is 0 Å². The van der Waals surface area contributed by atoms with Crippen molar-refractivity contribution in [3.05, 3.63) is 35.9 Å². The molecule has 0 aliphatic heterocycles. The zero-order valence-corrected chi connectivity index (χ0v) is 11.2. The summed E-state index contributed by atoms with van der Waals surface area (Å²) in [6.45, 7) is 4.74. The largest absolute Gasteiger partial charge is 1.00 e. The van der Waals surface area contributed by atoms with Crippen LogP contribution in [0.5, 0.6) is 0 Å². The second kappa shape index (κ2) is 10.2. The molecular formula is C14H17LiO3. The normalized spacial score (nSPS) is 11.3. The van der Waals surface area contributed by atoms with Crippen LogP contribution < -0.4 is 24.0 Å². The maximum absolute atomic E-state index is 11.8. The Morgan fingerprint density at radius 1 is 1.06 bits per heavy atom. The molecule has 92 valence electrons. The molecule has 0 fully saturated rings. The van der Waals surface area contributed by atoms with E-state index >= 15 is 0 Å². The van der Waals surface area contributed by atoms with Gasteiger partial charge in [0.25, 0.3) is 0 Å². The van der Waals surface area contributed by atoms with Gasteiger partial charge in [-0.25, -0.2) is 0 Å². The van der Waals surface area contributed by atoms with Gasteiger partial charge in [-0.3, -0.25) is 0 Å². The maximum atomic E-state index is 11.8. The third kappa shape index (κ3) is 6.26. The van der Waals surface area contributed by atoms with Gasteiger partial charge in [0.2, 0.25) is 6.29 Å². The first kappa shape index (κ1) is 17.3. The van der Waals surface area contributed by atoms with Crippen molar-refractivity contribution in [3.8, 4) is 11.8 Å². The van der Waals surface area contributed by atoms with Gasteiger partial charge in [0.15, 0.2) is 0 Å². The number of hydrogen-bond acceptors (Lipinski definition) is 3. The Morgan fingerprint density at radius 2 is 1.61 bits per heavy atom. The molecule has 1 rings (SSSR count). The van der Waals surface area contributed by atoms with Crippen LogP contribution in [-0.4, -0.2) is 19.5 Å². The summed E-state index contributed by atoms with van der Waals surface area (Å²) in [5.74, 6) is 5.33. The summed E-state index contributed by atoms with van der Waals surface area (Å²) in [5, 5.41) is 11.8. The standard InChI is InChI=1S/C14H17O3.Li/c1-3-16-14(17-4-2)11-10-13(15)12-8-6-5-7-9-12;/h5-9,13-14H,3-4H2,1-2H3;/q-1;+1. The van der Waals surface area contributed by atoms with Crippen LogP contribution in [-0.2, 0) is 9.47 Å². The van der Waals surface area contributed by atoms with Crippen LogP contribution in [0.15, 0.2) is 30.3 Å². The Balaban J connectivity index is 0.00000289. The molecule has 0 saturated heterocycles. The summed E-state index contributed by atoms with van der Waals surface area (Å²) in [5.41, 5.74) is 0.659. The molecule has 4 heteroatoms. The molecule has 0 aliphatic carbocycles. The van der Waals surface area contributed by atoms with E-state index in [9.17, 15) is 5.11 Å². The van der Waals surface area contributed by atoms with Crippen molar-refractivity contribution in [2.24, 2.45) is 0 Å². The van der Waals surface area contributed by atoms with E-state index in [1.54, 1.807) is 12.1 Å². The molecule has 3 nitrogen and oxygen atoms in total. The molecule has 0 saturated carbocycles. The molecule has 1 unspecified atom stereocenters.